The summed E-state index contributed by atoms with van der Waals surface area (Å²) < 4.78 is 11.7. The van der Waals surface area contributed by atoms with E-state index in [1.165, 1.54) is 0 Å². The zero-order valence-corrected chi connectivity index (χ0v) is 19.5. The molecule has 2 atom stereocenters. The zero-order valence-electron chi connectivity index (χ0n) is 17.9. The molecule has 0 fully saturated rings. The Kier molecular flexibility index (Phi) is 12.6. The third kappa shape index (κ3) is 11.3. The second kappa shape index (κ2) is 14.5. The first-order valence-electron chi connectivity index (χ1n) is 9.28. The normalized spacial score (nSPS) is 13.6. The molecule has 0 N–H and O–H groups in total. The van der Waals surface area contributed by atoms with Gasteiger partial charge < -0.3 is 19.5 Å². The van der Waals surface area contributed by atoms with Crippen molar-refractivity contribution in [2.24, 2.45) is 10.2 Å². The molecule has 0 aliphatic heterocycles. The first-order chi connectivity index (χ1) is 13.4. The van der Waals surface area contributed by atoms with Crippen LogP contribution in [0.15, 0.2) is 34.5 Å². The molecular weight excluding hydrogens is 392 g/mol. The average Bonchev–Trinajstić information content (AvgIpc) is 2.67. The molecule has 0 aliphatic carbocycles. The fourth-order valence-corrected chi connectivity index (χ4v) is 3.16. The number of hydrogen-bond acceptors (Lipinski definition) is 8. The molecule has 2 unspecified atom stereocenters. The summed E-state index contributed by atoms with van der Waals surface area (Å²) in [6, 6.07) is 7.82. The Balaban J connectivity index is 2.35. The van der Waals surface area contributed by atoms with E-state index in [0.717, 1.165) is 24.3 Å². The Morgan fingerprint density at radius 3 is 1.43 bits per heavy atom. The van der Waals surface area contributed by atoms with Gasteiger partial charge in [-0.05, 0) is 49.6 Å². The van der Waals surface area contributed by atoms with Gasteiger partial charge in [-0.25, -0.2) is 0 Å². The Labute approximate surface area is 178 Å². The second-order valence-electron chi connectivity index (χ2n) is 6.52. The van der Waals surface area contributed by atoms with Gasteiger partial charge in [-0.15, -0.1) is 0 Å². The van der Waals surface area contributed by atoms with Crippen molar-refractivity contribution in [1.82, 2.24) is 10.0 Å². The summed E-state index contributed by atoms with van der Waals surface area (Å²) in [7, 11) is 7.69. The summed E-state index contributed by atoms with van der Waals surface area (Å²) in [5, 5.41) is 12.9. The smallest absolute Gasteiger partial charge is 0.119 e. The molecule has 0 amide bonds. The van der Waals surface area contributed by atoms with Crippen molar-refractivity contribution in [2.45, 2.75) is 23.3 Å². The Hall–Kier alpha value is -1.54. The van der Waals surface area contributed by atoms with Gasteiger partial charge in [-0.1, -0.05) is 0 Å². The molecule has 0 saturated carbocycles. The van der Waals surface area contributed by atoms with Crippen molar-refractivity contribution >= 4 is 36.0 Å². The summed E-state index contributed by atoms with van der Waals surface area (Å²) in [5.74, 6) is 1.72. The minimum atomic E-state index is 0.352. The standard InChI is InChI=1S/C20H34N4O2S2/c1-23(2)21-15-19(27-5)11-13-25-17-7-9-18(10-8-17)26-14-12-20(28-6)16-22-24(3)4/h7-10,15-16,19-20H,11-14H2,1-6H3/b21-15+,22-16+. The fraction of sp³-hybridized carbons (Fsp3) is 0.600. The lowest BCUT2D eigenvalue weighted by Crippen LogP contribution is -2.13. The lowest BCUT2D eigenvalue weighted by Gasteiger charge is -2.13. The van der Waals surface area contributed by atoms with Crippen LogP contribution in [0.25, 0.3) is 0 Å². The number of hydrazone groups is 2. The van der Waals surface area contributed by atoms with Crippen LogP contribution in [-0.2, 0) is 0 Å². The topological polar surface area (TPSA) is 49.7 Å². The predicted molar refractivity (Wildman–Crippen MR) is 126 cm³/mol. The third-order valence-electron chi connectivity index (χ3n) is 3.70. The number of rotatable bonds is 14. The highest BCUT2D eigenvalue weighted by atomic mass is 32.2. The number of benzene rings is 1. The maximum atomic E-state index is 5.85. The largest absolute Gasteiger partial charge is 0.494 e. The van der Waals surface area contributed by atoms with Crippen LogP contribution in [0.3, 0.4) is 0 Å². The first-order valence-corrected chi connectivity index (χ1v) is 11.9. The van der Waals surface area contributed by atoms with E-state index < -0.39 is 0 Å². The summed E-state index contributed by atoms with van der Waals surface area (Å²) in [4.78, 5) is 0. The molecule has 0 aliphatic rings. The molecule has 28 heavy (non-hydrogen) atoms. The van der Waals surface area contributed by atoms with Crippen LogP contribution >= 0.6 is 23.5 Å². The molecule has 6 nitrogen and oxygen atoms in total. The molecule has 0 bridgehead atoms. The summed E-state index contributed by atoms with van der Waals surface area (Å²) in [6.45, 7) is 1.32. The third-order valence-corrected chi connectivity index (χ3v) is 5.63. The molecule has 0 saturated heterocycles. The van der Waals surface area contributed by atoms with Gasteiger partial charge in [0.2, 0.25) is 0 Å². The molecule has 0 heterocycles. The quantitative estimate of drug-likeness (QED) is 0.333. The Morgan fingerprint density at radius 1 is 0.786 bits per heavy atom. The van der Waals surface area contributed by atoms with Crippen molar-refractivity contribution in [2.75, 3.05) is 53.9 Å². The molecule has 0 radical (unpaired) electrons. The van der Waals surface area contributed by atoms with E-state index in [-0.39, 0.29) is 0 Å². The predicted octanol–water partition coefficient (Wildman–Crippen LogP) is 3.78. The Bertz CT molecular complexity index is 529. The number of thioether (sulfide) groups is 2. The van der Waals surface area contributed by atoms with Crippen molar-refractivity contribution in [3.8, 4) is 11.5 Å². The molecule has 8 heteroatoms. The van der Waals surface area contributed by atoms with Gasteiger partial charge in [0, 0.05) is 51.1 Å². The van der Waals surface area contributed by atoms with Crippen molar-refractivity contribution in [1.29, 1.82) is 0 Å². The summed E-state index contributed by atoms with van der Waals surface area (Å²) in [6.07, 6.45) is 9.95. The molecule has 1 rings (SSSR count). The minimum Gasteiger partial charge on any atom is -0.494 e. The van der Waals surface area contributed by atoms with Crippen molar-refractivity contribution < 1.29 is 9.47 Å². The van der Waals surface area contributed by atoms with Crippen LogP contribution in [0.5, 0.6) is 11.5 Å². The fourth-order valence-electron chi connectivity index (χ4n) is 2.14. The first kappa shape index (κ1) is 24.5. The lowest BCUT2D eigenvalue weighted by molar-refractivity contribution is 0.306. The molecule has 0 spiro atoms. The number of ether oxygens (including phenoxy) is 2. The summed E-state index contributed by atoms with van der Waals surface area (Å²) >= 11 is 3.56. The lowest BCUT2D eigenvalue weighted by atomic mass is 10.3. The van der Waals surface area contributed by atoms with E-state index in [4.69, 9.17) is 9.47 Å². The minimum absolute atomic E-state index is 0.352. The second-order valence-corrected chi connectivity index (χ2v) is 8.67. The maximum Gasteiger partial charge on any atom is 0.119 e. The van der Waals surface area contributed by atoms with Gasteiger partial charge in [0.05, 0.1) is 13.2 Å². The summed E-state index contributed by atoms with van der Waals surface area (Å²) in [5.41, 5.74) is 0. The SMILES string of the molecule is CSC(/C=N/N(C)C)CCOc1ccc(OCCC(/C=N/N(C)C)SC)cc1. The molecule has 158 valence electrons. The van der Waals surface area contributed by atoms with Gasteiger partial charge in [-0.2, -0.15) is 33.7 Å². The van der Waals surface area contributed by atoms with E-state index in [0.29, 0.717) is 23.7 Å². The highest BCUT2D eigenvalue weighted by molar-refractivity contribution is 8.00. The monoisotopic (exact) mass is 426 g/mol. The van der Waals surface area contributed by atoms with Crippen LogP contribution in [0.1, 0.15) is 12.8 Å². The van der Waals surface area contributed by atoms with Crippen LogP contribution in [0.4, 0.5) is 0 Å². The molecular formula is C20H34N4O2S2. The maximum absolute atomic E-state index is 5.85. The average molecular weight is 427 g/mol. The van der Waals surface area contributed by atoms with Gasteiger partial charge in [0.15, 0.2) is 0 Å². The zero-order chi connectivity index (χ0) is 20.8. The number of nitrogens with zero attached hydrogens (tertiary/aromatic N) is 4. The van der Waals surface area contributed by atoms with Crippen LogP contribution in [-0.4, -0.2) is 86.9 Å². The van der Waals surface area contributed by atoms with Gasteiger partial charge in [0.25, 0.3) is 0 Å². The van der Waals surface area contributed by atoms with Gasteiger partial charge in [-0.3, -0.25) is 0 Å². The van der Waals surface area contributed by atoms with Gasteiger partial charge >= 0.3 is 0 Å². The van der Waals surface area contributed by atoms with Crippen molar-refractivity contribution in [3.63, 3.8) is 0 Å². The van der Waals surface area contributed by atoms with E-state index in [1.807, 2.05) is 64.9 Å². The number of hydrogen-bond donors (Lipinski definition) is 0. The van der Waals surface area contributed by atoms with Crippen LogP contribution in [0.2, 0.25) is 0 Å². The molecule has 1 aromatic carbocycles. The van der Waals surface area contributed by atoms with Crippen molar-refractivity contribution in [3.05, 3.63) is 24.3 Å². The highest BCUT2D eigenvalue weighted by Crippen LogP contribution is 2.19. The molecule has 1 aromatic rings. The Morgan fingerprint density at radius 2 is 1.14 bits per heavy atom. The van der Waals surface area contributed by atoms with E-state index in [2.05, 4.69) is 22.7 Å². The van der Waals surface area contributed by atoms with E-state index >= 15 is 0 Å². The highest BCUT2D eigenvalue weighted by Gasteiger charge is 2.06. The van der Waals surface area contributed by atoms with Crippen LogP contribution < -0.4 is 9.47 Å². The van der Waals surface area contributed by atoms with E-state index in [1.54, 1.807) is 33.5 Å². The van der Waals surface area contributed by atoms with E-state index in [9.17, 15) is 0 Å². The van der Waals surface area contributed by atoms with Gasteiger partial charge in [0.1, 0.15) is 11.5 Å². The van der Waals surface area contributed by atoms with Crippen LogP contribution in [0, 0.1) is 0 Å². The molecule has 0 aromatic heterocycles.